The molecule has 2 rings (SSSR count). The highest BCUT2D eigenvalue weighted by Gasteiger charge is 2.14. The first-order chi connectivity index (χ1) is 14.4. The van der Waals surface area contributed by atoms with E-state index in [4.69, 9.17) is 21.7 Å². The Bertz CT molecular complexity index is 919. The molecule has 0 unspecified atom stereocenters. The highest BCUT2D eigenvalue weighted by Crippen LogP contribution is 2.17. The summed E-state index contributed by atoms with van der Waals surface area (Å²) >= 11 is 5.01. The van der Waals surface area contributed by atoms with E-state index in [0.717, 1.165) is 0 Å². The van der Waals surface area contributed by atoms with E-state index in [1.165, 1.54) is 24.3 Å². The van der Waals surface area contributed by atoms with Gasteiger partial charge in [-0.1, -0.05) is 12.1 Å². The first-order valence-electron chi connectivity index (χ1n) is 8.88. The summed E-state index contributed by atoms with van der Waals surface area (Å²) in [6.45, 7) is 3.11. The number of benzene rings is 2. The topological polar surface area (TPSA) is 132 Å². The molecule has 2 aromatic rings. The number of nitro groups is 1. The van der Waals surface area contributed by atoms with Crippen LogP contribution in [-0.4, -0.2) is 41.7 Å². The largest absolute Gasteiger partial charge is 0.490 e. The molecule has 0 aliphatic rings. The van der Waals surface area contributed by atoms with Gasteiger partial charge < -0.3 is 9.47 Å². The summed E-state index contributed by atoms with van der Waals surface area (Å²) in [6, 6.07) is 11.6. The second-order valence-electron chi connectivity index (χ2n) is 5.71. The molecule has 0 spiro atoms. The normalized spacial score (nSPS) is 10.0. The number of para-hydroxylation sites is 1. The number of nitro benzene ring substituents is 1. The standard InChI is InChI=1S/C19H20N4O6S/c1-2-28-11-12-29-16-6-4-3-5-15(16)18(25)20-19(30)22-21-17(24)13-7-9-14(10-8-13)23(26)27/h3-10H,2,11-12H2,1H3,(H,21,24)(H2,20,22,25,30). The lowest BCUT2D eigenvalue weighted by atomic mass is 10.2. The summed E-state index contributed by atoms with van der Waals surface area (Å²) in [5.41, 5.74) is 5.01. The van der Waals surface area contributed by atoms with E-state index in [-0.39, 0.29) is 28.5 Å². The molecule has 0 bridgehead atoms. The Hall–Kier alpha value is -3.57. The van der Waals surface area contributed by atoms with Crippen molar-refractivity contribution < 1.29 is 24.0 Å². The molecule has 158 valence electrons. The minimum Gasteiger partial charge on any atom is -0.490 e. The van der Waals surface area contributed by atoms with Crippen LogP contribution in [0.25, 0.3) is 0 Å². The van der Waals surface area contributed by atoms with Crippen LogP contribution in [-0.2, 0) is 4.74 Å². The number of non-ortho nitro benzene ring substituents is 1. The highest BCUT2D eigenvalue weighted by molar-refractivity contribution is 7.80. The third-order valence-corrected chi connectivity index (χ3v) is 3.88. The number of carbonyl (C=O) groups excluding carboxylic acids is 2. The lowest BCUT2D eigenvalue weighted by molar-refractivity contribution is -0.384. The van der Waals surface area contributed by atoms with Gasteiger partial charge in [-0.2, -0.15) is 0 Å². The molecule has 0 aromatic heterocycles. The summed E-state index contributed by atoms with van der Waals surface area (Å²) in [4.78, 5) is 34.6. The molecule has 0 saturated heterocycles. The molecule has 0 fully saturated rings. The van der Waals surface area contributed by atoms with Gasteiger partial charge in [0.25, 0.3) is 17.5 Å². The highest BCUT2D eigenvalue weighted by atomic mass is 32.1. The van der Waals surface area contributed by atoms with Crippen LogP contribution in [0.3, 0.4) is 0 Å². The molecule has 30 heavy (non-hydrogen) atoms. The number of hydrogen-bond acceptors (Lipinski definition) is 7. The van der Waals surface area contributed by atoms with E-state index in [1.54, 1.807) is 24.3 Å². The van der Waals surface area contributed by atoms with Gasteiger partial charge in [0.2, 0.25) is 0 Å². The smallest absolute Gasteiger partial charge is 0.269 e. The molecule has 0 aliphatic heterocycles. The molecular weight excluding hydrogens is 412 g/mol. The molecule has 0 aliphatic carbocycles. The molecule has 0 heterocycles. The molecule has 3 N–H and O–H groups in total. The van der Waals surface area contributed by atoms with Gasteiger partial charge >= 0.3 is 0 Å². The average molecular weight is 432 g/mol. The monoisotopic (exact) mass is 432 g/mol. The Kier molecular flexibility index (Phi) is 8.66. The first kappa shape index (κ1) is 22.7. The maximum atomic E-state index is 12.5. The van der Waals surface area contributed by atoms with Gasteiger partial charge in [0.15, 0.2) is 5.11 Å². The number of thiocarbonyl (C=S) groups is 1. The van der Waals surface area contributed by atoms with Crippen molar-refractivity contribution in [1.82, 2.24) is 16.2 Å². The summed E-state index contributed by atoms with van der Waals surface area (Å²) in [6.07, 6.45) is 0. The molecule has 0 saturated carbocycles. The Balaban J connectivity index is 1.88. The van der Waals surface area contributed by atoms with Crippen LogP contribution in [0.5, 0.6) is 5.75 Å². The zero-order valence-corrected chi connectivity index (χ0v) is 16.9. The number of hydrazine groups is 1. The fourth-order valence-electron chi connectivity index (χ4n) is 2.26. The number of nitrogens with zero attached hydrogens (tertiary/aromatic N) is 1. The fourth-order valence-corrected chi connectivity index (χ4v) is 2.40. The summed E-state index contributed by atoms with van der Waals surface area (Å²) in [7, 11) is 0. The Morgan fingerprint density at radius 3 is 2.40 bits per heavy atom. The lowest BCUT2D eigenvalue weighted by Crippen LogP contribution is -2.48. The van der Waals surface area contributed by atoms with E-state index in [1.807, 2.05) is 6.92 Å². The van der Waals surface area contributed by atoms with Gasteiger partial charge in [-0.15, -0.1) is 0 Å². The van der Waals surface area contributed by atoms with Crippen molar-refractivity contribution in [2.45, 2.75) is 6.92 Å². The van der Waals surface area contributed by atoms with Gasteiger partial charge in [-0.3, -0.25) is 35.9 Å². The van der Waals surface area contributed by atoms with E-state index < -0.39 is 16.7 Å². The maximum Gasteiger partial charge on any atom is 0.269 e. The number of rotatable bonds is 8. The van der Waals surface area contributed by atoms with Crippen molar-refractivity contribution in [2.24, 2.45) is 0 Å². The second kappa shape index (κ2) is 11.4. The van der Waals surface area contributed by atoms with E-state index >= 15 is 0 Å². The maximum absolute atomic E-state index is 12.5. The Labute approximate surface area is 177 Å². The van der Waals surface area contributed by atoms with Crippen LogP contribution >= 0.6 is 12.2 Å². The predicted molar refractivity (Wildman–Crippen MR) is 112 cm³/mol. The zero-order valence-electron chi connectivity index (χ0n) is 16.0. The summed E-state index contributed by atoms with van der Waals surface area (Å²) in [5.74, 6) is -0.738. The minimum atomic E-state index is -0.582. The second-order valence-corrected chi connectivity index (χ2v) is 6.12. The average Bonchev–Trinajstić information content (AvgIpc) is 2.75. The molecular formula is C19H20N4O6S. The number of amides is 2. The molecule has 0 radical (unpaired) electrons. The van der Waals surface area contributed by atoms with Crippen LogP contribution in [0, 0.1) is 10.1 Å². The fraction of sp³-hybridized carbons (Fsp3) is 0.211. The van der Waals surface area contributed by atoms with Gasteiger partial charge in [0.1, 0.15) is 12.4 Å². The van der Waals surface area contributed by atoms with Crippen molar-refractivity contribution in [2.75, 3.05) is 19.8 Å². The van der Waals surface area contributed by atoms with Crippen LogP contribution < -0.4 is 20.9 Å². The van der Waals surface area contributed by atoms with Crippen molar-refractivity contribution in [1.29, 1.82) is 0 Å². The SMILES string of the molecule is CCOCCOc1ccccc1C(=O)NC(=S)NNC(=O)c1ccc([N+](=O)[O-])cc1. The molecule has 2 aromatic carbocycles. The molecule has 11 heteroatoms. The number of hydrogen-bond donors (Lipinski definition) is 3. The van der Waals surface area contributed by atoms with E-state index in [9.17, 15) is 19.7 Å². The van der Waals surface area contributed by atoms with Crippen LogP contribution in [0.15, 0.2) is 48.5 Å². The van der Waals surface area contributed by atoms with Crippen LogP contribution in [0.1, 0.15) is 27.6 Å². The van der Waals surface area contributed by atoms with Crippen LogP contribution in [0.2, 0.25) is 0 Å². The molecule has 0 atom stereocenters. The van der Waals surface area contributed by atoms with E-state index in [0.29, 0.717) is 19.0 Å². The molecule has 2 amide bonds. The van der Waals surface area contributed by atoms with Gasteiger partial charge in [-0.05, 0) is 43.4 Å². The number of carbonyl (C=O) groups is 2. The Morgan fingerprint density at radius 2 is 1.73 bits per heavy atom. The zero-order chi connectivity index (χ0) is 21.9. The summed E-state index contributed by atoms with van der Waals surface area (Å²) in [5, 5.41) is 12.9. The predicted octanol–water partition coefficient (Wildman–Crippen LogP) is 1.96. The Morgan fingerprint density at radius 1 is 1.03 bits per heavy atom. The lowest BCUT2D eigenvalue weighted by Gasteiger charge is -2.13. The van der Waals surface area contributed by atoms with Gasteiger partial charge in [0.05, 0.1) is 17.1 Å². The van der Waals surface area contributed by atoms with Gasteiger partial charge in [0, 0.05) is 24.3 Å². The third-order valence-electron chi connectivity index (χ3n) is 3.68. The summed E-state index contributed by atoms with van der Waals surface area (Å²) < 4.78 is 10.8. The van der Waals surface area contributed by atoms with Crippen molar-refractivity contribution in [3.05, 3.63) is 69.8 Å². The third kappa shape index (κ3) is 6.79. The number of nitrogens with one attached hydrogen (secondary N) is 3. The molecule has 10 nitrogen and oxygen atoms in total. The van der Waals surface area contributed by atoms with Crippen molar-refractivity contribution in [3.8, 4) is 5.75 Å². The number of ether oxygens (including phenoxy) is 2. The van der Waals surface area contributed by atoms with Gasteiger partial charge in [-0.25, -0.2) is 0 Å². The van der Waals surface area contributed by atoms with Crippen molar-refractivity contribution >= 4 is 34.8 Å². The first-order valence-corrected chi connectivity index (χ1v) is 9.29. The quantitative estimate of drug-likeness (QED) is 0.250. The van der Waals surface area contributed by atoms with E-state index in [2.05, 4.69) is 16.2 Å². The van der Waals surface area contributed by atoms with Crippen molar-refractivity contribution in [3.63, 3.8) is 0 Å². The van der Waals surface area contributed by atoms with Crippen LogP contribution in [0.4, 0.5) is 5.69 Å². The minimum absolute atomic E-state index is 0.135.